The van der Waals surface area contributed by atoms with Crippen LogP contribution < -0.4 is 14.5 Å². The summed E-state index contributed by atoms with van der Waals surface area (Å²) in [6.45, 7) is 1.99. The van der Waals surface area contributed by atoms with Crippen LogP contribution in [0.4, 0.5) is 10.1 Å². The number of amides is 1. The van der Waals surface area contributed by atoms with Gasteiger partial charge in [-0.15, -0.1) is 0 Å². The molecule has 1 aliphatic rings. The van der Waals surface area contributed by atoms with Crippen molar-refractivity contribution in [2.75, 3.05) is 12.1 Å². The standard InChI is InChI=1S/C25H20BrFN2O3/c1-16-21(25(30)29(28-16)20-9-4-3-5-10-20)12-18-13-23(31-2)24(14-22(18)26)32-15-17-7-6-8-19(27)11-17/h3-14H,15H2,1-2H3/b21-12+. The van der Waals surface area contributed by atoms with Gasteiger partial charge in [-0.25, -0.2) is 4.39 Å². The molecule has 0 N–H and O–H groups in total. The van der Waals surface area contributed by atoms with Gasteiger partial charge in [0.1, 0.15) is 12.4 Å². The summed E-state index contributed by atoms with van der Waals surface area (Å²) in [6.07, 6.45) is 1.77. The van der Waals surface area contributed by atoms with Crippen LogP contribution in [-0.2, 0) is 11.4 Å². The van der Waals surface area contributed by atoms with Crippen molar-refractivity contribution < 1.29 is 18.7 Å². The summed E-state index contributed by atoms with van der Waals surface area (Å²) >= 11 is 3.55. The second kappa shape index (κ2) is 9.36. The van der Waals surface area contributed by atoms with Crippen molar-refractivity contribution in [1.82, 2.24) is 0 Å². The Morgan fingerprint density at radius 3 is 2.56 bits per heavy atom. The molecule has 1 aliphatic heterocycles. The second-order valence-electron chi connectivity index (χ2n) is 7.14. The number of methoxy groups -OCH3 is 1. The van der Waals surface area contributed by atoms with Gasteiger partial charge >= 0.3 is 0 Å². The van der Waals surface area contributed by atoms with Crippen LogP contribution in [0, 0.1) is 5.82 Å². The van der Waals surface area contributed by atoms with Crippen LogP contribution in [0.5, 0.6) is 11.5 Å². The minimum Gasteiger partial charge on any atom is -0.493 e. The van der Waals surface area contributed by atoms with E-state index in [0.717, 1.165) is 10.0 Å². The maximum atomic E-state index is 13.4. The second-order valence-corrected chi connectivity index (χ2v) is 7.99. The monoisotopic (exact) mass is 494 g/mol. The van der Waals surface area contributed by atoms with Crippen molar-refractivity contribution in [3.8, 4) is 11.5 Å². The smallest absolute Gasteiger partial charge is 0.280 e. The van der Waals surface area contributed by atoms with E-state index in [1.165, 1.54) is 17.1 Å². The lowest BCUT2D eigenvalue weighted by molar-refractivity contribution is -0.114. The minimum atomic E-state index is -0.316. The zero-order valence-electron chi connectivity index (χ0n) is 17.5. The predicted octanol–water partition coefficient (Wildman–Crippen LogP) is 5.98. The Labute approximate surface area is 193 Å². The normalized spacial score (nSPS) is 14.6. The van der Waals surface area contributed by atoms with Gasteiger partial charge in [0.15, 0.2) is 11.5 Å². The number of hydrogen-bond donors (Lipinski definition) is 0. The number of hydrogen-bond acceptors (Lipinski definition) is 4. The molecule has 0 fully saturated rings. The van der Waals surface area contributed by atoms with Crippen LogP contribution in [0.3, 0.4) is 0 Å². The van der Waals surface area contributed by atoms with Crippen molar-refractivity contribution in [3.05, 3.63) is 93.7 Å². The Bertz CT molecular complexity index is 1230. The molecule has 0 atom stereocenters. The summed E-state index contributed by atoms with van der Waals surface area (Å²) in [5, 5.41) is 5.80. The molecule has 162 valence electrons. The first-order valence-electron chi connectivity index (χ1n) is 9.88. The number of para-hydroxylation sites is 1. The highest BCUT2D eigenvalue weighted by atomic mass is 79.9. The largest absolute Gasteiger partial charge is 0.493 e. The average Bonchev–Trinajstić information content (AvgIpc) is 3.08. The van der Waals surface area contributed by atoms with Crippen LogP contribution in [-0.4, -0.2) is 18.7 Å². The maximum absolute atomic E-state index is 13.4. The molecule has 0 aromatic heterocycles. The molecular weight excluding hydrogens is 475 g/mol. The fourth-order valence-electron chi connectivity index (χ4n) is 3.31. The molecule has 4 rings (SSSR count). The fraction of sp³-hybridized carbons (Fsp3) is 0.120. The van der Waals surface area contributed by atoms with E-state index in [9.17, 15) is 9.18 Å². The Kier molecular flexibility index (Phi) is 6.37. The van der Waals surface area contributed by atoms with E-state index in [-0.39, 0.29) is 18.3 Å². The summed E-state index contributed by atoms with van der Waals surface area (Å²) < 4.78 is 25.5. The van der Waals surface area contributed by atoms with Crippen LogP contribution >= 0.6 is 15.9 Å². The van der Waals surface area contributed by atoms with E-state index >= 15 is 0 Å². The summed E-state index contributed by atoms with van der Waals surface area (Å²) in [5.41, 5.74) is 3.27. The van der Waals surface area contributed by atoms with E-state index in [1.54, 1.807) is 44.4 Å². The Morgan fingerprint density at radius 2 is 1.84 bits per heavy atom. The molecule has 5 nitrogen and oxygen atoms in total. The van der Waals surface area contributed by atoms with Gasteiger partial charge in [0, 0.05) is 4.47 Å². The van der Waals surface area contributed by atoms with Crippen molar-refractivity contribution in [2.24, 2.45) is 5.10 Å². The summed E-state index contributed by atoms with van der Waals surface area (Å²) in [4.78, 5) is 13.0. The molecule has 3 aromatic rings. The molecule has 0 radical (unpaired) electrons. The van der Waals surface area contributed by atoms with E-state index in [0.29, 0.717) is 34.0 Å². The molecule has 0 spiro atoms. The van der Waals surface area contributed by atoms with Gasteiger partial charge in [-0.3, -0.25) is 4.79 Å². The van der Waals surface area contributed by atoms with Gasteiger partial charge in [0.2, 0.25) is 0 Å². The molecule has 0 aliphatic carbocycles. The molecule has 32 heavy (non-hydrogen) atoms. The van der Waals surface area contributed by atoms with Crippen molar-refractivity contribution in [2.45, 2.75) is 13.5 Å². The zero-order valence-corrected chi connectivity index (χ0v) is 19.1. The minimum absolute atomic E-state index is 0.192. The number of anilines is 1. The fourth-order valence-corrected chi connectivity index (χ4v) is 3.74. The predicted molar refractivity (Wildman–Crippen MR) is 126 cm³/mol. The van der Waals surface area contributed by atoms with Crippen LogP contribution in [0.1, 0.15) is 18.1 Å². The van der Waals surface area contributed by atoms with Gasteiger partial charge in [0.05, 0.1) is 24.1 Å². The van der Waals surface area contributed by atoms with E-state index in [2.05, 4.69) is 21.0 Å². The summed E-state index contributed by atoms with van der Waals surface area (Å²) in [7, 11) is 1.54. The van der Waals surface area contributed by atoms with Crippen LogP contribution in [0.2, 0.25) is 0 Å². The lowest BCUT2D eigenvalue weighted by Crippen LogP contribution is -2.21. The molecule has 0 unspecified atom stereocenters. The lowest BCUT2D eigenvalue weighted by atomic mass is 10.1. The highest BCUT2D eigenvalue weighted by Gasteiger charge is 2.29. The van der Waals surface area contributed by atoms with Gasteiger partial charge in [-0.1, -0.05) is 46.3 Å². The highest BCUT2D eigenvalue weighted by Crippen LogP contribution is 2.36. The number of carbonyl (C=O) groups excluding carboxylic acids is 1. The summed E-state index contributed by atoms with van der Waals surface area (Å²) in [6, 6.07) is 19.1. The molecule has 3 aromatic carbocycles. The number of halogens is 2. The number of ether oxygens (including phenoxy) is 2. The topological polar surface area (TPSA) is 51.1 Å². The molecule has 7 heteroatoms. The number of nitrogens with zero attached hydrogens (tertiary/aromatic N) is 2. The van der Waals surface area contributed by atoms with E-state index in [1.807, 2.05) is 30.3 Å². The third kappa shape index (κ3) is 4.57. The van der Waals surface area contributed by atoms with Crippen molar-refractivity contribution >= 4 is 39.3 Å². The molecule has 1 amide bonds. The third-order valence-electron chi connectivity index (χ3n) is 4.93. The SMILES string of the molecule is COc1cc(/C=C2/C(=O)N(c3ccccc3)N=C2C)c(Br)cc1OCc1cccc(F)c1. The quantitative estimate of drug-likeness (QED) is 0.396. The molecule has 0 saturated carbocycles. The average molecular weight is 495 g/mol. The molecule has 0 bridgehead atoms. The first-order valence-corrected chi connectivity index (χ1v) is 10.7. The van der Waals surface area contributed by atoms with Crippen molar-refractivity contribution in [1.29, 1.82) is 0 Å². The number of benzene rings is 3. The first-order chi connectivity index (χ1) is 15.5. The maximum Gasteiger partial charge on any atom is 0.280 e. The van der Waals surface area contributed by atoms with Crippen LogP contribution in [0.25, 0.3) is 6.08 Å². The number of carbonyl (C=O) groups is 1. The van der Waals surface area contributed by atoms with Gasteiger partial charge in [0.25, 0.3) is 5.91 Å². The highest BCUT2D eigenvalue weighted by molar-refractivity contribution is 9.10. The Hall–Kier alpha value is -3.45. The van der Waals surface area contributed by atoms with Gasteiger partial charge in [-0.2, -0.15) is 10.1 Å². The lowest BCUT2D eigenvalue weighted by Gasteiger charge is -2.14. The third-order valence-corrected chi connectivity index (χ3v) is 5.62. The van der Waals surface area contributed by atoms with Gasteiger partial charge < -0.3 is 9.47 Å². The molecule has 0 saturated heterocycles. The number of hydrazone groups is 1. The van der Waals surface area contributed by atoms with Crippen LogP contribution in [0.15, 0.2) is 81.9 Å². The molecular formula is C25H20BrFN2O3. The number of rotatable bonds is 6. The Balaban J connectivity index is 1.60. The Morgan fingerprint density at radius 1 is 1.06 bits per heavy atom. The van der Waals surface area contributed by atoms with E-state index < -0.39 is 0 Å². The van der Waals surface area contributed by atoms with Gasteiger partial charge in [-0.05, 0) is 60.5 Å². The first kappa shape index (κ1) is 21.8. The summed E-state index contributed by atoms with van der Waals surface area (Å²) in [5.74, 6) is 0.478. The molecule has 1 heterocycles. The van der Waals surface area contributed by atoms with E-state index in [4.69, 9.17) is 9.47 Å². The zero-order chi connectivity index (χ0) is 22.7. The van der Waals surface area contributed by atoms with Crippen molar-refractivity contribution in [3.63, 3.8) is 0 Å².